The molecule has 0 saturated carbocycles. The standard InChI is InChI=1S/C17H24ClN3O4S/c1-3-15(17(23)20-9-7-12(8-10-20)16(19)22)21(26(2,24)25)14-6-4-5-13(18)11-14/h4-6,11-12,15H,3,7-10H2,1-2H3,(H2,19,22)/t15-/m1/s1. The van der Waals surface area contributed by atoms with E-state index in [1.165, 1.54) is 6.07 Å². The number of anilines is 1. The lowest BCUT2D eigenvalue weighted by Crippen LogP contribution is -2.53. The van der Waals surface area contributed by atoms with E-state index in [1.807, 2.05) is 0 Å². The molecular weight excluding hydrogens is 378 g/mol. The Morgan fingerprint density at radius 1 is 1.35 bits per heavy atom. The quantitative estimate of drug-likeness (QED) is 0.782. The molecule has 0 spiro atoms. The van der Waals surface area contributed by atoms with E-state index >= 15 is 0 Å². The van der Waals surface area contributed by atoms with E-state index in [4.69, 9.17) is 17.3 Å². The number of hydrogen-bond donors (Lipinski definition) is 1. The minimum atomic E-state index is -3.70. The number of piperidine rings is 1. The molecule has 1 atom stereocenters. The smallest absolute Gasteiger partial charge is 0.246 e. The van der Waals surface area contributed by atoms with Crippen LogP contribution >= 0.6 is 11.6 Å². The van der Waals surface area contributed by atoms with Gasteiger partial charge in [0.25, 0.3) is 0 Å². The number of likely N-dealkylation sites (tertiary alicyclic amines) is 1. The summed E-state index contributed by atoms with van der Waals surface area (Å²) in [6, 6.07) is 5.56. The number of benzene rings is 1. The number of hydrogen-bond acceptors (Lipinski definition) is 4. The summed E-state index contributed by atoms with van der Waals surface area (Å²) < 4.78 is 26.0. The van der Waals surface area contributed by atoms with E-state index in [1.54, 1.807) is 30.0 Å². The number of carbonyl (C=O) groups is 2. The van der Waals surface area contributed by atoms with Crippen LogP contribution < -0.4 is 10.0 Å². The molecule has 0 radical (unpaired) electrons. The van der Waals surface area contributed by atoms with Crippen molar-refractivity contribution in [2.45, 2.75) is 32.2 Å². The average Bonchev–Trinajstić information content (AvgIpc) is 2.57. The molecule has 26 heavy (non-hydrogen) atoms. The largest absolute Gasteiger partial charge is 0.369 e. The summed E-state index contributed by atoms with van der Waals surface area (Å²) >= 11 is 6.00. The van der Waals surface area contributed by atoms with Crippen LogP contribution in [0.5, 0.6) is 0 Å². The molecule has 0 bridgehead atoms. The number of nitrogens with two attached hydrogens (primary N) is 1. The minimum Gasteiger partial charge on any atom is -0.369 e. The topological polar surface area (TPSA) is 101 Å². The van der Waals surface area contributed by atoms with Gasteiger partial charge in [0.1, 0.15) is 6.04 Å². The molecule has 0 aromatic heterocycles. The molecule has 2 amide bonds. The third-order valence-electron chi connectivity index (χ3n) is 4.58. The van der Waals surface area contributed by atoms with E-state index in [9.17, 15) is 18.0 Å². The van der Waals surface area contributed by atoms with Gasteiger partial charge in [0.05, 0.1) is 11.9 Å². The fraction of sp³-hybridized carbons (Fsp3) is 0.529. The first-order valence-electron chi connectivity index (χ1n) is 8.48. The zero-order valence-corrected chi connectivity index (χ0v) is 16.5. The predicted molar refractivity (Wildman–Crippen MR) is 101 cm³/mol. The van der Waals surface area contributed by atoms with Crippen molar-refractivity contribution in [1.29, 1.82) is 0 Å². The van der Waals surface area contributed by atoms with E-state index < -0.39 is 16.1 Å². The Balaban J connectivity index is 2.28. The van der Waals surface area contributed by atoms with Crippen LogP contribution in [0.15, 0.2) is 24.3 Å². The molecule has 1 aliphatic rings. The molecule has 1 aromatic carbocycles. The van der Waals surface area contributed by atoms with Gasteiger partial charge in [-0.3, -0.25) is 13.9 Å². The predicted octanol–water partition coefficient (Wildman–Crippen LogP) is 1.61. The maximum absolute atomic E-state index is 13.0. The molecule has 1 aliphatic heterocycles. The maximum Gasteiger partial charge on any atom is 0.246 e. The summed E-state index contributed by atoms with van der Waals surface area (Å²) in [6.45, 7) is 2.54. The summed E-state index contributed by atoms with van der Waals surface area (Å²) in [4.78, 5) is 25.9. The highest BCUT2D eigenvalue weighted by atomic mass is 35.5. The van der Waals surface area contributed by atoms with Crippen LogP contribution in [0.1, 0.15) is 26.2 Å². The van der Waals surface area contributed by atoms with Crippen molar-refractivity contribution in [3.05, 3.63) is 29.3 Å². The van der Waals surface area contributed by atoms with Crippen LogP contribution in [-0.4, -0.2) is 50.5 Å². The van der Waals surface area contributed by atoms with Gasteiger partial charge < -0.3 is 10.6 Å². The summed E-state index contributed by atoms with van der Waals surface area (Å²) in [6.07, 6.45) is 2.37. The van der Waals surface area contributed by atoms with Crippen LogP contribution in [0.3, 0.4) is 0 Å². The Bertz CT molecular complexity index is 776. The molecule has 1 fully saturated rings. The van der Waals surface area contributed by atoms with Gasteiger partial charge in [-0.1, -0.05) is 24.6 Å². The van der Waals surface area contributed by atoms with Crippen molar-refractivity contribution < 1.29 is 18.0 Å². The lowest BCUT2D eigenvalue weighted by atomic mass is 9.95. The number of halogens is 1. The van der Waals surface area contributed by atoms with Gasteiger partial charge in [-0.2, -0.15) is 0 Å². The molecular formula is C17H24ClN3O4S. The SMILES string of the molecule is CC[C@H](C(=O)N1CCC(C(N)=O)CC1)N(c1cccc(Cl)c1)S(C)(=O)=O. The fourth-order valence-electron chi connectivity index (χ4n) is 3.25. The molecule has 0 unspecified atom stereocenters. The van der Waals surface area contributed by atoms with Crippen molar-refractivity contribution in [3.8, 4) is 0 Å². The van der Waals surface area contributed by atoms with E-state index in [0.29, 0.717) is 43.1 Å². The Hall–Kier alpha value is -1.80. The second kappa shape index (κ2) is 8.26. The molecule has 1 saturated heterocycles. The lowest BCUT2D eigenvalue weighted by Gasteiger charge is -2.37. The van der Waals surface area contributed by atoms with Crippen molar-refractivity contribution in [3.63, 3.8) is 0 Å². The molecule has 2 rings (SSSR count). The highest BCUT2D eigenvalue weighted by molar-refractivity contribution is 7.92. The highest BCUT2D eigenvalue weighted by Gasteiger charge is 2.36. The van der Waals surface area contributed by atoms with Gasteiger partial charge >= 0.3 is 0 Å². The highest BCUT2D eigenvalue weighted by Crippen LogP contribution is 2.27. The zero-order chi connectivity index (χ0) is 19.5. The lowest BCUT2D eigenvalue weighted by molar-refractivity contribution is -0.135. The Morgan fingerprint density at radius 3 is 2.42 bits per heavy atom. The first kappa shape index (κ1) is 20.5. The average molecular weight is 402 g/mol. The third kappa shape index (κ3) is 4.67. The van der Waals surface area contributed by atoms with Crippen molar-refractivity contribution in [2.75, 3.05) is 23.7 Å². The Labute approximate surface area is 159 Å². The molecule has 0 aliphatic carbocycles. The normalized spacial score (nSPS) is 17.0. The van der Waals surface area contributed by atoms with Gasteiger partial charge in [-0.25, -0.2) is 8.42 Å². The number of sulfonamides is 1. The number of carbonyl (C=O) groups excluding carboxylic acids is 2. The van der Waals surface area contributed by atoms with Crippen molar-refractivity contribution >= 4 is 39.1 Å². The molecule has 1 heterocycles. The van der Waals surface area contributed by atoms with Crippen molar-refractivity contribution in [2.24, 2.45) is 11.7 Å². The monoisotopic (exact) mass is 401 g/mol. The van der Waals surface area contributed by atoms with E-state index in [-0.39, 0.29) is 17.7 Å². The first-order chi connectivity index (χ1) is 12.1. The summed E-state index contributed by atoms with van der Waals surface area (Å²) in [5.41, 5.74) is 5.68. The van der Waals surface area contributed by atoms with Gasteiger partial charge in [0.15, 0.2) is 0 Å². The summed E-state index contributed by atoms with van der Waals surface area (Å²) in [5.74, 6) is -0.875. The van der Waals surface area contributed by atoms with Gasteiger partial charge in [0.2, 0.25) is 21.8 Å². The minimum absolute atomic E-state index is 0.238. The number of rotatable bonds is 6. The Morgan fingerprint density at radius 2 is 1.96 bits per heavy atom. The zero-order valence-electron chi connectivity index (χ0n) is 14.9. The Kier molecular flexibility index (Phi) is 6.52. The fourth-order valence-corrected chi connectivity index (χ4v) is 4.63. The van der Waals surface area contributed by atoms with Crippen LogP contribution in [0.2, 0.25) is 5.02 Å². The van der Waals surface area contributed by atoms with Gasteiger partial charge in [-0.05, 0) is 37.5 Å². The van der Waals surface area contributed by atoms with Crippen LogP contribution in [0.25, 0.3) is 0 Å². The first-order valence-corrected chi connectivity index (χ1v) is 10.7. The molecule has 9 heteroatoms. The summed E-state index contributed by atoms with van der Waals surface area (Å²) in [7, 11) is -3.70. The number of primary amides is 1. The number of amides is 2. The molecule has 144 valence electrons. The molecule has 1 aromatic rings. The van der Waals surface area contributed by atoms with Crippen LogP contribution in [0, 0.1) is 5.92 Å². The van der Waals surface area contributed by atoms with Gasteiger partial charge in [-0.15, -0.1) is 0 Å². The second-order valence-corrected chi connectivity index (χ2v) is 8.76. The maximum atomic E-state index is 13.0. The van der Waals surface area contributed by atoms with E-state index in [0.717, 1.165) is 10.6 Å². The van der Waals surface area contributed by atoms with Crippen LogP contribution in [0.4, 0.5) is 5.69 Å². The molecule has 2 N–H and O–H groups in total. The second-order valence-electron chi connectivity index (χ2n) is 6.46. The third-order valence-corrected chi connectivity index (χ3v) is 6.00. The van der Waals surface area contributed by atoms with Crippen molar-refractivity contribution in [1.82, 2.24) is 4.90 Å². The van der Waals surface area contributed by atoms with Gasteiger partial charge in [0, 0.05) is 24.0 Å². The van der Waals surface area contributed by atoms with E-state index in [2.05, 4.69) is 0 Å². The number of nitrogens with zero attached hydrogens (tertiary/aromatic N) is 2. The summed E-state index contributed by atoms with van der Waals surface area (Å²) in [5, 5.41) is 0.390. The molecule has 7 nitrogen and oxygen atoms in total. The van der Waals surface area contributed by atoms with Crippen LogP contribution in [-0.2, 0) is 19.6 Å².